The molecule has 4 nitrogen and oxygen atoms in total. The number of aryl methyl sites for hydroxylation is 1. The van der Waals surface area contributed by atoms with Crippen LogP contribution in [0, 0.1) is 17.0 Å². The predicted octanol–water partition coefficient (Wildman–Crippen LogP) is 3.13. The topological polar surface area (TPSA) is 56.0 Å². The van der Waals surface area contributed by atoms with E-state index < -0.39 is 22.6 Å². The summed E-state index contributed by atoms with van der Waals surface area (Å²) in [6.45, 7) is 1.34. The van der Waals surface area contributed by atoms with Crippen molar-refractivity contribution in [3.63, 3.8) is 0 Å². The summed E-state index contributed by atoms with van der Waals surface area (Å²) in [7, 11) is 0. The molecule has 0 aliphatic carbocycles. The Morgan fingerprint density at radius 1 is 1.67 bits per heavy atom. The summed E-state index contributed by atoms with van der Waals surface area (Å²) >= 11 is 3.06. The Bertz CT molecular complexity index is 398. The number of hydrogen-bond donors (Lipinski definition) is 0. The molecule has 0 radical (unpaired) electrons. The van der Waals surface area contributed by atoms with Crippen LogP contribution in [0.4, 0.5) is 14.5 Å². The van der Waals surface area contributed by atoms with Gasteiger partial charge in [-0.05, 0) is 13.0 Å². The lowest BCUT2D eigenvalue weighted by Gasteiger charge is -2.05. The lowest BCUT2D eigenvalue weighted by Crippen LogP contribution is -2.03. The number of hydrogen-bond acceptors (Lipinski definition) is 3. The van der Waals surface area contributed by atoms with Crippen molar-refractivity contribution in [1.29, 1.82) is 0 Å². The SMILES string of the molecule is Cc1nc(CBr)cc(C(F)F)c1[N+](=O)[O-]. The van der Waals surface area contributed by atoms with Gasteiger partial charge in [0.1, 0.15) is 5.69 Å². The van der Waals surface area contributed by atoms with E-state index in [1.54, 1.807) is 0 Å². The van der Waals surface area contributed by atoms with Crippen LogP contribution in [0.25, 0.3) is 0 Å². The number of pyridine rings is 1. The molecule has 0 spiro atoms. The Kier molecular flexibility index (Phi) is 3.67. The molecule has 1 aromatic rings. The fourth-order valence-electron chi connectivity index (χ4n) is 1.23. The summed E-state index contributed by atoms with van der Waals surface area (Å²) in [6, 6.07) is 1.05. The van der Waals surface area contributed by atoms with E-state index in [0.29, 0.717) is 5.69 Å². The van der Waals surface area contributed by atoms with Crippen LogP contribution < -0.4 is 0 Å². The monoisotopic (exact) mass is 280 g/mol. The van der Waals surface area contributed by atoms with Crippen LogP contribution >= 0.6 is 15.9 Å². The average molecular weight is 281 g/mol. The van der Waals surface area contributed by atoms with E-state index in [-0.39, 0.29) is 11.0 Å². The van der Waals surface area contributed by atoms with Gasteiger partial charge in [0, 0.05) is 5.33 Å². The molecule has 82 valence electrons. The third kappa shape index (κ3) is 2.47. The van der Waals surface area contributed by atoms with Crippen LogP contribution in [-0.4, -0.2) is 9.91 Å². The summed E-state index contributed by atoms with van der Waals surface area (Å²) in [5, 5.41) is 10.9. The maximum atomic E-state index is 12.5. The van der Waals surface area contributed by atoms with Crippen molar-refractivity contribution in [3.8, 4) is 0 Å². The number of alkyl halides is 3. The Hall–Kier alpha value is -1.11. The predicted molar refractivity (Wildman–Crippen MR) is 53.2 cm³/mol. The molecule has 1 heterocycles. The van der Waals surface area contributed by atoms with Crippen LogP contribution in [0.1, 0.15) is 23.4 Å². The van der Waals surface area contributed by atoms with Gasteiger partial charge in [-0.1, -0.05) is 15.9 Å². The molecular formula is C8H7BrF2N2O2. The summed E-state index contributed by atoms with van der Waals surface area (Å²) in [5.74, 6) is 0. The first-order valence-electron chi connectivity index (χ1n) is 3.96. The molecule has 0 saturated carbocycles. The van der Waals surface area contributed by atoms with E-state index in [4.69, 9.17) is 0 Å². The normalized spacial score (nSPS) is 10.7. The molecule has 15 heavy (non-hydrogen) atoms. The molecule has 0 saturated heterocycles. The Morgan fingerprint density at radius 2 is 2.27 bits per heavy atom. The summed E-state index contributed by atoms with van der Waals surface area (Å²) in [4.78, 5) is 13.6. The average Bonchev–Trinajstić information content (AvgIpc) is 2.15. The Morgan fingerprint density at radius 3 is 2.67 bits per heavy atom. The third-order valence-electron chi connectivity index (χ3n) is 1.80. The maximum absolute atomic E-state index is 12.5. The van der Waals surface area contributed by atoms with Gasteiger partial charge in [-0.3, -0.25) is 15.1 Å². The summed E-state index contributed by atoms with van der Waals surface area (Å²) in [5.41, 5.74) is -0.822. The maximum Gasteiger partial charge on any atom is 0.299 e. The zero-order valence-corrected chi connectivity index (χ0v) is 9.29. The quantitative estimate of drug-likeness (QED) is 0.486. The molecule has 0 aliphatic rings. The molecular weight excluding hydrogens is 274 g/mol. The van der Waals surface area contributed by atoms with Crippen LogP contribution in [-0.2, 0) is 5.33 Å². The number of nitro groups is 1. The number of rotatable bonds is 3. The second-order valence-electron chi connectivity index (χ2n) is 2.83. The van der Waals surface area contributed by atoms with Crippen molar-refractivity contribution in [3.05, 3.63) is 33.1 Å². The van der Waals surface area contributed by atoms with Crippen molar-refractivity contribution in [2.45, 2.75) is 18.7 Å². The highest BCUT2D eigenvalue weighted by molar-refractivity contribution is 9.08. The second kappa shape index (κ2) is 4.61. The molecule has 0 unspecified atom stereocenters. The van der Waals surface area contributed by atoms with Crippen LogP contribution in [0.2, 0.25) is 0 Å². The van der Waals surface area contributed by atoms with Gasteiger partial charge >= 0.3 is 0 Å². The molecule has 1 aromatic heterocycles. The van der Waals surface area contributed by atoms with Gasteiger partial charge < -0.3 is 0 Å². The number of halogens is 3. The van der Waals surface area contributed by atoms with E-state index in [2.05, 4.69) is 20.9 Å². The van der Waals surface area contributed by atoms with Crippen molar-refractivity contribution in [2.24, 2.45) is 0 Å². The second-order valence-corrected chi connectivity index (χ2v) is 3.39. The van der Waals surface area contributed by atoms with Gasteiger partial charge in [0.2, 0.25) is 0 Å². The minimum Gasteiger partial charge on any atom is -0.258 e. The van der Waals surface area contributed by atoms with Crippen LogP contribution in [0.15, 0.2) is 6.07 Å². The molecule has 0 fully saturated rings. The fraction of sp³-hybridized carbons (Fsp3) is 0.375. The number of nitrogens with zero attached hydrogens (tertiary/aromatic N) is 2. The van der Waals surface area contributed by atoms with Gasteiger partial charge in [0.25, 0.3) is 12.1 Å². The van der Waals surface area contributed by atoms with Gasteiger partial charge in [0.05, 0.1) is 16.2 Å². The zero-order valence-electron chi connectivity index (χ0n) is 7.71. The first-order chi connectivity index (χ1) is 6.97. The lowest BCUT2D eigenvalue weighted by atomic mass is 10.1. The van der Waals surface area contributed by atoms with Crippen LogP contribution in [0.3, 0.4) is 0 Å². The van der Waals surface area contributed by atoms with E-state index in [0.717, 1.165) is 6.07 Å². The van der Waals surface area contributed by atoms with Crippen molar-refractivity contribution >= 4 is 21.6 Å². The fourth-order valence-corrected chi connectivity index (χ4v) is 1.52. The van der Waals surface area contributed by atoms with Gasteiger partial charge in [-0.15, -0.1) is 0 Å². The smallest absolute Gasteiger partial charge is 0.258 e. The first kappa shape index (κ1) is 12.0. The highest BCUT2D eigenvalue weighted by atomic mass is 79.9. The summed E-state index contributed by atoms with van der Waals surface area (Å²) in [6.07, 6.45) is -2.87. The molecule has 7 heteroatoms. The lowest BCUT2D eigenvalue weighted by molar-refractivity contribution is -0.387. The molecule has 0 amide bonds. The largest absolute Gasteiger partial charge is 0.299 e. The van der Waals surface area contributed by atoms with Crippen molar-refractivity contribution < 1.29 is 13.7 Å². The van der Waals surface area contributed by atoms with Gasteiger partial charge in [0.15, 0.2) is 0 Å². The standard InChI is InChI=1S/C8H7BrF2N2O2/c1-4-7(13(14)15)6(8(10)11)2-5(3-9)12-4/h2,8H,3H2,1H3. The molecule has 0 N–H and O–H groups in total. The molecule has 0 atom stereocenters. The number of aromatic nitrogens is 1. The van der Waals surface area contributed by atoms with E-state index in [9.17, 15) is 18.9 Å². The summed E-state index contributed by atoms with van der Waals surface area (Å²) < 4.78 is 25.1. The molecule has 1 rings (SSSR count). The highest BCUT2D eigenvalue weighted by Crippen LogP contribution is 2.31. The third-order valence-corrected chi connectivity index (χ3v) is 2.38. The first-order valence-corrected chi connectivity index (χ1v) is 5.08. The Balaban J connectivity index is 3.42. The Labute approximate surface area is 92.6 Å². The van der Waals surface area contributed by atoms with Gasteiger partial charge in [-0.2, -0.15) is 0 Å². The minimum absolute atomic E-state index is 0.00671. The minimum atomic E-state index is -2.87. The van der Waals surface area contributed by atoms with Gasteiger partial charge in [-0.25, -0.2) is 8.78 Å². The van der Waals surface area contributed by atoms with Crippen molar-refractivity contribution in [1.82, 2.24) is 4.98 Å². The molecule has 0 bridgehead atoms. The highest BCUT2D eigenvalue weighted by Gasteiger charge is 2.25. The van der Waals surface area contributed by atoms with Crippen molar-refractivity contribution in [2.75, 3.05) is 0 Å². The van der Waals surface area contributed by atoms with Crippen LogP contribution in [0.5, 0.6) is 0 Å². The van der Waals surface area contributed by atoms with E-state index in [1.807, 2.05) is 0 Å². The molecule has 0 aromatic carbocycles. The van der Waals surface area contributed by atoms with E-state index in [1.165, 1.54) is 6.92 Å². The zero-order chi connectivity index (χ0) is 11.6. The molecule has 0 aliphatic heterocycles. The van der Waals surface area contributed by atoms with E-state index >= 15 is 0 Å².